The zero-order valence-corrected chi connectivity index (χ0v) is 22.2. The van der Waals surface area contributed by atoms with Crippen LogP contribution in [0, 0.1) is 0 Å². The lowest BCUT2D eigenvalue weighted by Crippen LogP contribution is -2.58. The third kappa shape index (κ3) is 8.31. The van der Waals surface area contributed by atoms with Gasteiger partial charge in [-0.1, -0.05) is 18.2 Å². The number of carbonyl (C=O) groups is 5. The van der Waals surface area contributed by atoms with E-state index in [1.165, 1.54) is 12.5 Å². The van der Waals surface area contributed by atoms with Gasteiger partial charge in [0.05, 0.1) is 12.4 Å². The minimum atomic E-state index is -1.33. The van der Waals surface area contributed by atoms with Crippen LogP contribution in [-0.4, -0.2) is 84.7 Å². The van der Waals surface area contributed by atoms with Crippen LogP contribution in [0.2, 0.25) is 0 Å². The molecule has 9 N–H and O–H groups in total. The highest BCUT2D eigenvalue weighted by Gasteiger charge is 2.31. The number of carbonyl (C=O) groups excluding carboxylic acids is 3. The standard InChI is InChI=1S/C25H31N7O7S/c26-16(11-40)22(35)30-18(5-6-21(33)34)23(36)31-19(8-14-10-27-12-29-14)24(37)32-20(25(38)39)7-13-9-28-17-4-2-1-3-15(13)17/h1-4,9-10,12,16,18-20,28,40H,5-8,11,26H2,(H,27,29)(H,30,35)(H,31,36)(H,32,37)(H,33,34)(H,38,39). The molecule has 0 aliphatic carbocycles. The Balaban J connectivity index is 1.79. The van der Waals surface area contributed by atoms with E-state index in [2.05, 4.69) is 43.5 Å². The van der Waals surface area contributed by atoms with Gasteiger partial charge in [0.25, 0.3) is 0 Å². The third-order valence-electron chi connectivity index (χ3n) is 6.14. The molecule has 0 saturated heterocycles. The van der Waals surface area contributed by atoms with Crippen LogP contribution in [0.1, 0.15) is 24.1 Å². The smallest absolute Gasteiger partial charge is 0.326 e. The number of aromatic nitrogens is 3. The molecular formula is C25H31N7O7S. The number of nitrogens with one attached hydrogen (secondary N) is 5. The molecule has 3 rings (SSSR count). The fourth-order valence-corrected chi connectivity index (χ4v) is 4.15. The average Bonchev–Trinajstić information content (AvgIpc) is 3.59. The van der Waals surface area contributed by atoms with E-state index in [9.17, 15) is 29.1 Å². The molecule has 0 aliphatic heterocycles. The van der Waals surface area contributed by atoms with Gasteiger partial charge in [-0.3, -0.25) is 19.2 Å². The van der Waals surface area contributed by atoms with Gasteiger partial charge in [-0.25, -0.2) is 9.78 Å². The van der Waals surface area contributed by atoms with Crippen molar-refractivity contribution < 1.29 is 34.2 Å². The number of fused-ring (bicyclic) bond motifs is 1. The molecule has 15 heteroatoms. The van der Waals surface area contributed by atoms with Crippen LogP contribution < -0.4 is 21.7 Å². The third-order valence-corrected chi connectivity index (χ3v) is 6.53. The highest BCUT2D eigenvalue weighted by atomic mass is 32.1. The second kappa shape index (κ2) is 14.1. The maximum atomic E-state index is 13.3. The van der Waals surface area contributed by atoms with Crippen LogP contribution in [0.3, 0.4) is 0 Å². The Kier molecular flexibility index (Phi) is 10.7. The lowest BCUT2D eigenvalue weighted by atomic mass is 10.0. The van der Waals surface area contributed by atoms with Gasteiger partial charge >= 0.3 is 11.9 Å². The number of rotatable bonds is 15. The fourth-order valence-electron chi connectivity index (χ4n) is 3.99. The van der Waals surface area contributed by atoms with Crippen molar-refractivity contribution in [2.75, 3.05) is 5.75 Å². The molecule has 214 valence electrons. The van der Waals surface area contributed by atoms with Crippen LogP contribution in [-0.2, 0) is 36.8 Å². The topological polar surface area (TPSA) is 232 Å². The Hall–Kier alpha value is -4.37. The average molecular weight is 574 g/mol. The van der Waals surface area contributed by atoms with E-state index in [4.69, 9.17) is 10.8 Å². The van der Waals surface area contributed by atoms with Crippen molar-refractivity contribution in [3.63, 3.8) is 0 Å². The first-order valence-corrected chi connectivity index (χ1v) is 13.0. The molecule has 2 heterocycles. The van der Waals surface area contributed by atoms with Gasteiger partial charge < -0.3 is 41.9 Å². The van der Waals surface area contributed by atoms with Crippen molar-refractivity contribution in [1.29, 1.82) is 0 Å². The number of benzene rings is 1. The molecule has 3 amide bonds. The summed E-state index contributed by atoms with van der Waals surface area (Å²) < 4.78 is 0. The highest BCUT2D eigenvalue weighted by molar-refractivity contribution is 7.80. The van der Waals surface area contributed by atoms with Crippen LogP contribution in [0.25, 0.3) is 10.9 Å². The Morgan fingerprint density at radius 1 is 0.925 bits per heavy atom. The molecule has 0 radical (unpaired) electrons. The van der Waals surface area contributed by atoms with Gasteiger partial charge in [-0.05, 0) is 18.1 Å². The molecule has 0 fully saturated rings. The second-order valence-electron chi connectivity index (χ2n) is 9.09. The zero-order chi connectivity index (χ0) is 29.2. The number of para-hydroxylation sites is 1. The molecule has 40 heavy (non-hydrogen) atoms. The van der Waals surface area contributed by atoms with Crippen molar-refractivity contribution in [1.82, 2.24) is 30.9 Å². The van der Waals surface area contributed by atoms with Crippen molar-refractivity contribution in [3.8, 4) is 0 Å². The molecule has 1 aromatic carbocycles. The summed E-state index contributed by atoms with van der Waals surface area (Å²) in [6.45, 7) is 0. The van der Waals surface area contributed by atoms with Crippen LogP contribution >= 0.6 is 12.6 Å². The first-order chi connectivity index (χ1) is 19.1. The monoisotopic (exact) mass is 573 g/mol. The molecule has 14 nitrogen and oxygen atoms in total. The van der Waals surface area contributed by atoms with Crippen molar-refractivity contribution in [2.24, 2.45) is 5.73 Å². The van der Waals surface area contributed by atoms with E-state index < -0.39 is 60.2 Å². The summed E-state index contributed by atoms with van der Waals surface area (Å²) in [7, 11) is 0. The Morgan fingerprint density at radius 2 is 1.60 bits per heavy atom. The van der Waals surface area contributed by atoms with E-state index >= 15 is 0 Å². The van der Waals surface area contributed by atoms with Crippen LogP contribution in [0.4, 0.5) is 0 Å². The lowest BCUT2D eigenvalue weighted by Gasteiger charge is -2.25. The van der Waals surface area contributed by atoms with Crippen molar-refractivity contribution in [3.05, 3.63) is 54.2 Å². The quantitative estimate of drug-likeness (QED) is 0.105. The Labute approximate surface area is 233 Å². The first-order valence-electron chi connectivity index (χ1n) is 12.3. The summed E-state index contributed by atoms with van der Waals surface area (Å²) in [5.41, 5.74) is 7.61. The summed E-state index contributed by atoms with van der Waals surface area (Å²) in [5, 5.41) is 27.1. The van der Waals surface area contributed by atoms with Crippen LogP contribution in [0.5, 0.6) is 0 Å². The maximum absolute atomic E-state index is 13.3. The van der Waals surface area contributed by atoms with Crippen LogP contribution in [0.15, 0.2) is 43.0 Å². The van der Waals surface area contributed by atoms with Gasteiger partial charge in [-0.15, -0.1) is 0 Å². The maximum Gasteiger partial charge on any atom is 0.326 e. The molecular weight excluding hydrogens is 542 g/mol. The summed E-state index contributed by atoms with van der Waals surface area (Å²) in [5.74, 6) is -4.86. The van der Waals surface area contributed by atoms with Gasteiger partial charge in [0.2, 0.25) is 17.7 Å². The summed E-state index contributed by atoms with van der Waals surface area (Å²) >= 11 is 3.95. The molecule has 0 saturated carbocycles. The number of nitrogens with two attached hydrogens (primary N) is 1. The van der Waals surface area contributed by atoms with Gasteiger partial charge in [0.1, 0.15) is 18.1 Å². The Bertz CT molecular complexity index is 1340. The molecule has 0 spiro atoms. The van der Waals surface area contributed by atoms with E-state index in [-0.39, 0.29) is 25.0 Å². The number of nitrogens with zero attached hydrogens (tertiary/aromatic N) is 1. The summed E-state index contributed by atoms with van der Waals surface area (Å²) in [6, 6.07) is 2.32. The Morgan fingerprint density at radius 3 is 2.25 bits per heavy atom. The number of thiol groups is 1. The number of aromatic amines is 2. The SMILES string of the molecule is NC(CS)C(=O)NC(CCC(=O)O)C(=O)NC(Cc1cnc[nH]1)C(=O)NC(Cc1c[nH]c2ccccc12)C(=O)O. The van der Waals surface area contributed by atoms with Gasteiger partial charge in [0, 0.05) is 54.0 Å². The molecule has 4 atom stereocenters. The number of hydrogen-bond acceptors (Lipinski definition) is 8. The molecule has 4 unspecified atom stereocenters. The van der Waals surface area contributed by atoms with Gasteiger partial charge in [0.15, 0.2) is 0 Å². The van der Waals surface area contributed by atoms with E-state index in [0.29, 0.717) is 11.3 Å². The number of H-pyrrole nitrogens is 2. The lowest BCUT2D eigenvalue weighted by molar-refractivity contribution is -0.142. The zero-order valence-electron chi connectivity index (χ0n) is 21.3. The van der Waals surface area contributed by atoms with E-state index in [1.807, 2.05) is 24.3 Å². The first kappa shape index (κ1) is 30.2. The number of aliphatic carboxylic acids is 2. The number of imidazole rings is 1. The number of hydrogen-bond donors (Lipinski definition) is 9. The van der Waals surface area contributed by atoms with E-state index in [0.717, 1.165) is 10.9 Å². The summed E-state index contributed by atoms with van der Waals surface area (Å²) in [4.78, 5) is 71.8. The molecule has 2 aromatic heterocycles. The normalized spacial score (nSPS) is 14.1. The molecule has 3 aromatic rings. The minimum absolute atomic E-state index is 0.0169. The second-order valence-corrected chi connectivity index (χ2v) is 9.45. The van der Waals surface area contributed by atoms with Gasteiger partial charge in [-0.2, -0.15) is 12.6 Å². The highest BCUT2D eigenvalue weighted by Crippen LogP contribution is 2.19. The van der Waals surface area contributed by atoms with Crippen molar-refractivity contribution >= 4 is 53.2 Å². The molecule has 0 aliphatic rings. The molecule has 0 bridgehead atoms. The largest absolute Gasteiger partial charge is 0.481 e. The predicted octanol–water partition coefficient (Wildman–Crippen LogP) is -0.663. The van der Waals surface area contributed by atoms with E-state index in [1.54, 1.807) is 6.20 Å². The number of carboxylic acid groups (broad SMARTS) is 2. The summed E-state index contributed by atoms with van der Waals surface area (Å²) in [6.07, 6.45) is 3.63. The minimum Gasteiger partial charge on any atom is -0.481 e. The number of carboxylic acids is 2. The fraction of sp³-hybridized carbons (Fsp3) is 0.360. The number of amides is 3. The van der Waals surface area contributed by atoms with Crippen molar-refractivity contribution in [2.45, 2.75) is 49.9 Å². The predicted molar refractivity (Wildman–Crippen MR) is 146 cm³/mol.